The van der Waals surface area contributed by atoms with Crippen LogP contribution in [0, 0.1) is 11.8 Å². The molecule has 1 aromatic rings. The summed E-state index contributed by atoms with van der Waals surface area (Å²) in [4.78, 5) is 45.1. The SMILES string of the molecule is C=CCCOC(=O)[C@H]1[C@H]2C(=O)N([C@H](CO)c3ccccc3)C(C(=O)N(CC=C)C(C)(C)C)C23CC(Br)[C@@H]1O3. The molecule has 1 N–H and O–H groups in total. The minimum atomic E-state index is -1.25. The van der Waals surface area contributed by atoms with Crippen LogP contribution in [0.5, 0.6) is 0 Å². The lowest BCUT2D eigenvalue weighted by molar-refractivity contribution is -0.157. The fourth-order valence-electron chi connectivity index (χ4n) is 6.29. The van der Waals surface area contributed by atoms with E-state index in [9.17, 15) is 19.5 Å². The molecule has 8 nitrogen and oxygen atoms in total. The van der Waals surface area contributed by atoms with Crippen LogP contribution in [0.4, 0.5) is 0 Å². The second kappa shape index (κ2) is 10.9. The quantitative estimate of drug-likeness (QED) is 0.195. The van der Waals surface area contributed by atoms with Crippen LogP contribution in [0.2, 0.25) is 0 Å². The lowest BCUT2D eigenvalue weighted by atomic mass is 9.70. The first-order chi connectivity index (χ1) is 18.0. The largest absolute Gasteiger partial charge is 0.465 e. The molecule has 1 aromatic carbocycles. The fourth-order valence-corrected chi connectivity index (χ4v) is 7.23. The molecule has 7 atom stereocenters. The van der Waals surface area contributed by atoms with Crippen molar-refractivity contribution < 1.29 is 29.0 Å². The van der Waals surface area contributed by atoms with Crippen LogP contribution in [0.3, 0.4) is 0 Å². The van der Waals surface area contributed by atoms with Crippen molar-refractivity contribution in [3.63, 3.8) is 0 Å². The van der Waals surface area contributed by atoms with Gasteiger partial charge in [-0.25, -0.2) is 0 Å². The Morgan fingerprint density at radius 2 is 1.97 bits per heavy atom. The number of alkyl halides is 1. The highest BCUT2D eigenvalue weighted by molar-refractivity contribution is 9.09. The van der Waals surface area contributed by atoms with Crippen molar-refractivity contribution in [1.29, 1.82) is 0 Å². The third kappa shape index (κ3) is 4.62. The van der Waals surface area contributed by atoms with Gasteiger partial charge in [0.15, 0.2) is 0 Å². The van der Waals surface area contributed by atoms with Gasteiger partial charge in [0, 0.05) is 16.9 Å². The predicted octanol–water partition coefficient (Wildman–Crippen LogP) is 3.40. The molecule has 0 saturated carbocycles. The molecule has 4 rings (SSSR count). The molecule has 3 saturated heterocycles. The number of hydrogen-bond acceptors (Lipinski definition) is 6. The molecule has 0 aliphatic carbocycles. The van der Waals surface area contributed by atoms with Gasteiger partial charge in [0.1, 0.15) is 11.6 Å². The van der Waals surface area contributed by atoms with E-state index in [-0.39, 0.29) is 29.8 Å². The predicted molar refractivity (Wildman–Crippen MR) is 146 cm³/mol. The highest BCUT2D eigenvalue weighted by Crippen LogP contribution is 2.61. The highest BCUT2D eigenvalue weighted by Gasteiger charge is 2.77. The summed E-state index contributed by atoms with van der Waals surface area (Å²) in [5.41, 5.74) is -1.13. The zero-order chi connectivity index (χ0) is 27.8. The molecule has 3 aliphatic heterocycles. The van der Waals surface area contributed by atoms with Crippen LogP contribution in [0.1, 0.15) is 45.2 Å². The molecular weight excluding hydrogens is 552 g/mol. The maximum atomic E-state index is 14.5. The molecule has 3 fully saturated rings. The van der Waals surface area contributed by atoms with Gasteiger partial charge in [-0.3, -0.25) is 14.4 Å². The Kier molecular flexibility index (Phi) is 8.21. The van der Waals surface area contributed by atoms with Crippen molar-refractivity contribution in [3.05, 3.63) is 61.2 Å². The van der Waals surface area contributed by atoms with E-state index in [1.165, 1.54) is 4.90 Å². The summed E-state index contributed by atoms with van der Waals surface area (Å²) in [6, 6.07) is 7.29. The van der Waals surface area contributed by atoms with E-state index in [0.29, 0.717) is 18.4 Å². The summed E-state index contributed by atoms with van der Waals surface area (Å²) in [5, 5.41) is 10.6. The van der Waals surface area contributed by atoms with E-state index < -0.39 is 53.7 Å². The summed E-state index contributed by atoms with van der Waals surface area (Å²) >= 11 is 3.67. The Morgan fingerprint density at radius 1 is 1.29 bits per heavy atom. The standard InChI is InChI=1S/C29H37BrN2O6/c1-6-8-15-37-27(36)21-22-25(34)32(20(17-33)18-12-10-9-11-13-18)24(29(22)16-19(30)23(21)38-29)26(35)31(14-7-2)28(3,4)5/h6-7,9-13,19-24,33H,1-2,8,14-17H2,3-5H3/t19?,20-,21+,22+,23+,24?,29?/m1/s1. The summed E-state index contributed by atoms with van der Waals surface area (Å²) < 4.78 is 12.1. The highest BCUT2D eigenvalue weighted by atomic mass is 79.9. The Bertz CT molecular complexity index is 1090. The summed E-state index contributed by atoms with van der Waals surface area (Å²) in [6.45, 7) is 13.3. The molecule has 1 spiro atoms. The van der Waals surface area contributed by atoms with Crippen molar-refractivity contribution in [2.75, 3.05) is 19.8 Å². The molecule has 3 unspecified atom stereocenters. The van der Waals surface area contributed by atoms with Crippen LogP contribution in [0.15, 0.2) is 55.6 Å². The molecular formula is C29H37BrN2O6. The van der Waals surface area contributed by atoms with Crippen LogP contribution < -0.4 is 0 Å². The van der Waals surface area contributed by atoms with E-state index in [4.69, 9.17) is 9.47 Å². The first-order valence-electron chi connectivity index (χ1n) is 13.0. The molecule has 206 valence electrons. The lowest BCUT2D eigenvalue weighted by Crippen LogP contribution is -2.60. The molecule has 3 aliphatic rings. The zero-order valence-corrected chi connectivity index (χ0v) is 23.8. The third-order valence-corrected chi connectivity index (χ3v) is 8.72. The summed E-state index contributed by atoms with van der Waals surface area (Å²) in [5.74, 6) is -2.98. The van der Waals surface area contributed by atoms with E-state index >= 15 is 0 Å². The van der Waals surface area contributed by atoms with Crippen molar-refractivity contribution in [3.8, 4) is 0 Å². The van der Waals surface area contributed by atoms with Gasteiger partial charge in [-0.2, -0.15) is 0 Å². The molecule has 2 amide bonds. The molecule has 9 heteroatoms. The summed E-state index contributed by atoms with van der Waals surface area (Å²) in [7, 11) is 0. The number of carbonyl (C=O) groups is 3. The average Bonchev–Trinajstić information content (AvgIpc) is 3.46. The lowest BCUT2D eigenvalue weighted by Gasteiger charge is -2.43. The normalized spacial score (nSPS) is 30.6. The second-order valence-corrected chi connectivity index (χ2v) is 12.3. The molecule has 38 heavy (non-hydrogen) atoms. The van der Waals surface area contributed by atoms with Crippen LogP contribution >= 0.6 is 15.9 Å². The second-order valence-electron chi connectivity index (χ2n) is 11.2. The van der Waals surface area contributed by atoms with Crippen molar-refractivity contribution in [1.82, 2.24) is 9.80 Å². The maximum Gasteiger partial charge on any atom is 0.312 e. The number of ether oxygens (including phenoxy) is 2. The minimum absolute atomic E-state index is 0.152. The number of likely N-dealkylation sites (tertiary alicyclic amines) is 1. The number of fused-ring (bicyclic) bond motifs is 1. The van der Waals surface area contributed by atoms with Crippen LogP contribution in [-0.4, -0.2) is 80.6 Å². The number of amides is 2. The van der Waals surface area contributed by atoms with Crippen molar-refractivity contribution >= 4 is 33.7 Å². The average molecular weight is 590 g/mol. The number of esters is 1. The van der Waals surface area contributed by atoms with Gasteiger partial charge in [-0.1, -0.05) is 58.4 Å². The molecule has 2 bridgehead atoms. The minimum Gasteiger partial charge on any atom is -0.465 e. The first kappa shape index (κ1) is 28.5. The number of nitrogens with zero attached hydrogens (tertiary/aromatic N) is 2. The van der Waals surface area contributed by atoms with Crippen molar-refractivity contribution in [2.24, 2.45) is 11.8 Å². The van der Waals surface area contributed by atoms with Gasteiger partial charge < -0.3 is 24.4 Å². The maximum absolute atomic E-state index is 14.5. The molecule has 3 heterocycles. The molecule has 0 radical (unpaired) electrons. The van der Waals surface area contributed by atoms with Crippen molar-refractivity contribution in [2.45, 2.75) is 67.8 Å². The number of halogens is 1. The van der Waals surface area contributed by atoms with Gasteiger partial charge in [-0.15, -0.1) is 13.2 Å². The Labute approximate surface area is 232 Å². The van der Waals surface area contributed by atoms with Crippen LogP contribution in [0.25, 0.3) is 0 Å². The number of aliphatic hydroxyl groups is 1. The Hall–Kier alpha value is -2.49. The summed E-state index contributed by atoms with van der Waals surface area (Å²) in [6.07, 6.45) is 3.56. The van der Waals surface area contributed by atoms with E-state index in [1.54, 1.807) is 17.1 Å². The van der Waals surface area contributed by atoms with Gasteiger partial charge in [0.05, 0.1) is 37.2 Å². The van der Waals surface area contributed by atoms with Gasteiger partial charge in [-0.05, 0) is 39.2 Å². The number of aliphatic hydroxyl groups excluding tert-OH is 1. The molecule has 0 aromatic heterocycles. The number of benzene rings is 1. The Balaban J connectivity index is 1.85. The van der Waals surface area contributed by atoms with Gasteiger partial charge in [0.25, 0.3) is 0 Å². The number of hydrogen-bond donors (Lipinski definition) is 1. The monoisotopic (exact) mass is 588 g/mol. The topological polar surface area (TPSA) is 96.4 Å². The third-order valence-electron chi connectivity index (χ3n) is 7.88. The van der Waals surface area contributed by atoms with E-state index in [1.807, 2.05) is 51.1 Å². The van der Waals surface area contributed by atoms with Gasteiger partial charge in [0.2, 0.25) is 11.8 Å². The Morgan fingerprint density at radius 3 is 2.55 bits per heavy atom. The fraction of sp³-hybridized carbons (Fsp3) is 0.552. The van der Waals surface area contributed by atoms with E-state index in [2.05, 4.69) is 29.1 Å². The number of carbonyl (C=O) groups excluding carboxylic acids is 3. The first-order valence-corrected chi connectivity index (χ1v) is 13.9. The van der Waals surface area contributed by atoms with E-state index in [0.717, 1.165) is 0 Å². The number of rotatable bonds is 10. The van der Waals surface area contributed by atoms with Gasteiger partial charge >= 0.3 is 5.97 Å². The van der Waals surface area contributed by atoms with Crippen LogP contribution in [-0.2, 0) is 23.9 Å². The smallest absolute Gasteiger partial charge is 0.312 e. The zero-order valence-electron chi connectivity index (χ0n) is 22.2.